The first kappa shape index (κ1) is 20.7. The summed E-state index contributed by atoms with van der Waals surface area (Å²) in [7, 11) is -3.50. The molecule has 0 radical (unpaired) electrons. The Hall–Kier alpha value is 0.680. The van der Waals surface area contributed by atoms with Crippen LogP contribution in [-0.4, -0.2) is 37.4 Å². The van der Waals surface area contributed by atoms with E-state index < -0.39 is 14.4 Å². The Morgan fingerprint density at radius 2 is 1.25 bits per heavy atom. The first-order valence-corrected chi connectivity index (χ1v) is 11.1. The molecule has 0 atom stereocenters. The molecular formula is C11H27NO5P2S. The molecule has 0 rings (SSSR count). The topological polar surface area (TPSA) is 57.2 Å². The van der Waals surface area contributed by atoms with E-state index in [1.807, 2.05) is 20.8 Å². The Balaban J connectivity index is 5.53. The summed E-state index contributed by atoms with van der Waals surface area (Å²) in [6.45, 7) is 8.03. The Kier molecular flexibility index (Phi) is 10.8. The van der Waals surface area contributed by atoms with Crippen molar-refractivity contribution in [2.75, 3.05) is 33.0 Å². The highest BCUT2D eigenvalue weighted by Gasteiger charge is 2.43. The lowest BCUT2D eigenvalue weighted by Crippen LogP contribution is -2.24. The molecule has 122 valence electrons. The van der Waals surface area contributed by atoms with Gasteiger partial charge in [0.1, 0.15) is 0 Å². The molecule has 0 aliphatic heterocycles. The predicted octanol–water partition coefficient (Wildman–Crippen LogP) is 4.18. The van der Waals surface area contributed by atoms with E-state index in [1.54, 1.807) is 13.8 Å². The molecule has 6 nitrogen and oxygen atoms in total. The van der Waals surface area contributed by atoms with E-state index >= 15 is 0 Å². The second-order valence-corrected chi connectivity index (χ2v) is 9.28. The Morgan fingerprint density at radius 1 is 0.850 bits per heavy atom. The van der Waals surface area contributed by atoms with Crippen LogP contribution in [0.3, 0.4) is 0 Å². The molecule has 0 N–H and O–H groups in total. The molecule has 0 amide bonds. The van der Waals surface area contributed by atoms with Crippen molar-refractivity contribution in [2.45, 2.75) is 41.0 Å². The van der Waals surface area contributed by atoms with Crippen molar-refractivity contribution in [3.8, 4) is 0 Å². The SMILES string of the molecule is CCCN(P(=O)(OCC)OCC)P(=S)(OCC)OCC. The summed E-state index contributed by atoms with van der Waals surface area (Å²) in [4.78, 5) is 0. The predicted molar refractivity (Wildman–Crippen MR) is 85.4 cm³/mol. The standard InChI is InChI=1S/C11H27NO5P2S/c1-6-11-12(18(13,14-7-2)15-8-3)19(20,16-9-4)17-10-5/h6-11H2,1-5H3. The van der Waals surface area contributed by atoms with Crippen LogP contribution in [-0.2, 0) is 34.5 Å². The molecule has 9 heteroatoms. The third kappa shape index (κ3) is 5.82. The van der Waals surface area contributed by atoms with Gasteiger partial charge < -0.3 is 9.05 Å². The molecule has 0 spiro atoms. The fraction of sp³-hybridized carbons (Fsp3) is 1.00. The fourth-order valence-electron chi connectivity index (χ4n) is 1.57. The molecule has 0 aliphatic rings. The minimum atomic E-state index is -3.50. The van der Waals surface area contributed by atoms with Gasteiger partial charge in [-0.1, -0.05) is 6.92 Å². The average molecular weight is 347 g/mol. The minimum absolute atomic E-state index is 0.269. The monoisotopic (exact) mass is 347 g/mol. The van der Waals surface area contributed by atoms with Gasteiger partial charge in [-0.25, -0.2) is 4.57 Å². The maximum Gasteiger partial charge on any atom is 0.415 e. The van der Waals surface area contributed by atoms with Crippen LogP contribution < -0.4 is 0 Å². The van der Waals surface area contributed by atoms with Gasteiger partial charge in [0.05, 0.1) is 26.4 Å². The summed E-state index contributed by atoms with van der Waals surface area (Å²) >= 11 is 5.52. The molecular weight excluding hydrogens is 320 g/mol. The highest BCUT2D eigenvalue weighted by molar-refractivity contribution is 8.10. The molecule has 0 fully saturated rings. The molecule has 0 bridgehead atoms. The molecule has 0 heterocycles. The van der Waals surface area contributed by atoms with Crippen molar-refractivity contribution in [3.05, 3.63) is 0 Å². The van der Waals surface area contributed by atoms with E-state index in [2.05, 4.69) is 0 Å². The lowest BCUT2D eigenvalue weighted by Gasteiger charge is -2.36. The van der Waals surface area contributed by atoms with Gasteiger partial charge in [-0.15, -0.1) is 4.44 Å². The van der Waals surface area contributed by atoms with E-state index in [9.17, 15) is 4.57 Å². The van der Waals surface area contributed by atoms with Gasteiger partial charge in [-0.05, 0) is 45.9 Å². The highest BCUT2D eigenvalue weighted by atomic mass is 32.5. The van der Waals surface area contributed by atoms with Crippen molar-refractivity contribution in [2.24, 2.45) is 0 Å². The van der Waals surface area contributed by atoms with Crippen molar-refractivity contribution in [3.63, 3.8) is 0 Å². The van der Waals surface area contributed by atoms with Crippen LogP contribution in [0.25, 0.3) is 0 Å². The van der Waals surface area contributed by atoms with E-state index in [1.165, 1.54) is 4.44 Å². The molecule has 0 aromatic carbocycles. The van der Waals surface area contributed by atoms with Gasteiger partial charge in [-0.3, -0.25) is 9.05 Å². The zero-order valence-electron chi connectivity index (χ0n) is 13.0. The molecule has 0 saturated carbocycles. The van der Waals surface area contributed by atoms with Crippen molar-refractivity contribution < 1.29 is 22.7 Å². The summed E-state index contributed by atoms with van der Waals surface area (Å²) in [6.07, 6.45) is 0.739. The third-order valence-electron chi connectivity index (χ3n) is 2.16. The lowest BCUT2D eigenvalue weighted by atomic mass is 10.5. The maximum atomic E-state index is 13.0. The summed E-state index contributed by atoms with van der Waals surface area (Å²) in [6, 6.07) is 0. The highest BCUT2D eigenvalue weighted by Crippen LogP contribution is 2.68. The van der Waals surface area contributed by atoms with Gasteiger partial charge in [0.15, 0.2) is 0 Å². The number of rotatable bonds is 12. The van der Waals surface area contributed by atoms with E-state index in [4.69, 9.17) is 29.9 Å². The van der Waals surface area contributed by atoms with Crippen LogP contribution in [0.5, 0.6) is 0 Å². The quantitative estimate of drug-likeness (QED) is 0.491. The van der Waals surface area contributed by atoms with Crippen LogP contribution >= 0.6 is 14.4 Å². The summed E-state index contributed by atoms with van der Waals surface area (Å²) in [5, 5.41) is 0. The Bertz CT molecular complexity index is 306. The van der Waals surface area contributed by atoms with Crippen LogP contribution in [0.1, 0.15) is 41.0 Å². The van der Waals surface area contributed by atoms with Crippen molar-refractivity contribution in [1.82, 2.24) is 4.44 Å². The van der Waals surface area contributed by atoms with E-state index in [0.29, 0.717) is 19.8 Å². The summed E-state index contributed by atoms with van der Waals surface area (Å²) < 4.78 is 36.5. The zero-order valence-corrected chi connectivity index (χ0v) is 15.6. The van der Waals surface area contributed by atoms with Crippen molar-refractivity contribution in [1.29, 1.82) is 0 Å². The van der Waals surface area contributed by atoms with Crippen LogP contribution in [0.2, 0.25) is 0 Å². The lowest BCUT2D eigenvalue weighted by molar-refractivity contribution is 0.172. The first-order valence-electron chi connectivity index (χ1n) is 7.00. The van der Waals surface area contributed by atoms with Gasteiger partial charge in [-0.2, -0.15) is 0 Å². The Morgan fingerprint density at radius 3 is 1.55 bits per heavy atom. The van der Waals surface area contributed by atoms with Crippen LogP contribution in [0.15, 0.2) is 0 Å². The van der Waals surface area contributed by atoms with Gasteiger partial charge >= 0.3 is 7.75 Å². The van der Waals surface area contributed by atoms with E-state index in [0.717, 1.165) is 6.42 Å². The smallest absolute Gasteiger partial charge is 0.318 e. The van der Waals surface area contributed by atoms with Gasteiger partial charge in [0.25, 0.3) is 6.64 Å². The molecule has 0 aromatic heterocycles. The van der Waals surface area contributed by atoms with Crippen molar-refractivity contribution >= 4 is 26.2 Å². The number of hydrogen-bond acceptors (Lipinski definition) is 6. The molecule has 0 saturated heterocycles. The summed E-state index contributed by atoms with van der Waals surface area (Å²) in [5.74, 6) is 0. The normalized spacial score (nSPS) is 13.1. The van der Waals surface area contributed by atoms with Crippen LogP contribution in [0, 0.1) is 0 Å². The first-order chi connectivity index (χ1) is 9.44. The Labute approximate surface area is 127 Å². The van der Waals surface area contributed by atoms with Crippen LogP contribution in [0.4, 0.5) is 0 Å². The fourth-order valence-corrected chi connectivity index (χ4v) is 7.83. The minimum Gasteiger partial charge on any atom is -0.318 e. The molecule has 0 unspecified atom stereocenters. The third-order valence-corrected chi connectivity index (χ3v) is 8.98. The number of nitrogens with zero attached hydrogens (tertiary/aromatic N) is 1. The molecule has 20 heavy (non-hydrogen) atoms. The second-order valence-electron chi connectivity index (χ2n) is 3.70. The van der Waals surface area contributed by atoms with Gasteiger partial charge in [0, 0.05) is 6.54 Å². The zero-order chi connectivity index (χ0) is 15.6. The average Bonchev–Trinajstić information content (AvgIpc) is 2.36. The summed E-state index contributed by atoms with van der Waals surface area (Å²) in [5.41, 5.74) is 0. The van der Waals surface area contributed by atoms with E-state index in [-0.39, 0.29) is 13.2 Å². The molecule has 0 aromatic rings. The molecule has 0 aliphatic carbocycles. The second kappa shape index (κ2) is 10.4. The maximum absolute atomic E-state index is 13.0. The van der Waals surface area contributed by atoms with Gasteiger partial charge in [0.2, 0.25) is 0 Å². The largest absolute Gasteiger partial charge is 0.415 e. The number of hydrogen-bond donors (Lipinski definition) is 0.